The molecule has 0 saturated carbocycles. The third kappa shape index (κ3) is 3.34. The zero-order chi connectivity index (χ0) is 18.8. The van der Waals surface area contributed by atoms with Crippen LogP contribution in [0.3, 0.4) is 0 Å². The molecule has 0 bridgehead atoms. The van der Waals surface area contributed by atoms with Crippen LogP contribution in [0.4, 0.5) is 10.1 Å². The lowest BCUT2D eigenvalue weighted by Gasteiger charge is -2.17. The lowest BCUT2D eigenvalue weighted by Crippen LogP contribution is -2.25. The molecule has 4 heteroatoms. The molecule has 27 heavy (non-hydrogen) atoms. The second-order valence-corrected chi connectivity index (χ2v) is 6.37. The van der Waals surface area contributed by atoms with Crippen molar-refractivity contribution in [2.75, 3.05) is 12.0 Å². The third-order valence-electron chi connectivity index (χ3n) is 4.63. The molecule has 4 rings (SSSR count). The standard InChI is InChI=1S/C23H18FNO2/c1-27-19-10-7-17(8-11-19)15-25-22-12-9-18(24)14-20(22)21(23(25)26)13-16-5-3-2-4-6-16/h2-14H,15H2,1H3. The Morgan fingerprint density at radius 3 is 2.44 bits per heavy atom. The number of nitrogens with zero attached hydrogens (tertiary/aromatic N) is 1. The maximum absolute atomic E-state index is 13.9. The van der Waals surface area contributed by atoms with Crippen LogP contribution in [0.5, 0.6) is 5.75 Å². The Morgan fingerprint density at radius 1 is 1.00 bits per heavy atom. The molecule has 0 unspecified atom stereocenters. The Kier molecular flexibility index (Phi) is 4.47. The number of fused-ring (bicyclic) bond motifs is 1. The highest BCUT2D eigenvalue weighted by atomic mass is 19.1. The van der Waals surface area contributed by atoms with E-state index in [1.807, 2.05) is 60.7 Å². The molecule has 0 spiro atoms. The molecule has 0 saturated heterocycles. The van der Waals surface area contributed by atoms with Crippen molar-refractivity contribution in [3.8, 4) is 5.75 Å². The van der Waals surface area contributed by atoms with Gasteiger partial charge in [-0.2, -0.15) is 0 Å². The van der Waals surface area contributed by atoms with Gasteiger partial charge in [-0.15, -0.1) is 0 Å². The summed E-state index contributed by atoms with van der Waals surface area (Å²) in [6.45, 7) is 0.410. The summed E-state index contributed by atoms with van der Waals surface area (Å²) in [6, 6.07) is 21.6. The van der Waals surface area contributed by atoms with Crippen LogP contribution in [0, 0.1) is 5.82 Å². The molecule has 0 aromatic heterocycles. The zero-order valence-corrected chi connectivity index (χ0v) is 14.9. The van der Waals surface area contributed by atoms with Gasteiger partial charge in [0.05, 0.1) is 19.3 Å². The average molecular weight is 359 g/mol. The van der Waals surface area contributed by atoms with Gasteiger partial charge in [0.1, 0.15) is 11.6 Å². The van der Waals surface area contributed by atoms with Crippen LogP contribution in [0.2, 0.25) is 0 Å². The van der Waals surface area contributed by atoms with E-state index in [1.54, 1.807) is 18.1 Å². The summed E-state index contributed by atoms with van der Waals surface area (Å²) in [5, 5.41) is 0. The molecule has 0 N–H and O–H groups in total. The van der Waals surface area contributed by atoms with Crippen molar-refractivity contribution >= 4 is 23.2 Å². The van der Waals surface area contributed by atoms with Crippen molar-refractivity contribution in [3.05, 3.63) is 95.3 Å². The molecule has 1 aliphatic heterocycles. The van der Waals surface area contributed by atoms with Gasteiger partial charge in [-0.3, -0.25) is 4.79 Å². The quantitative estimate of drug-likeness (QED) is 0.619. The van der Waals surface area contributed by atoms with Gasteiger partial charge >= 0.3 is 0 Å². The second-order valence-electron chi connectivity index (χ2n) is 6.37. The first-order valence-electron chi connectivity index (χ1n) is 8.67. The number of anilines is 1. The number of hydrogen-bond acceptors (Lipinski definition) is 2. The summed E-state index contributed by atoms with van der Waals surface area (Å²) in [7, 11) is 1.62. The van der Waals surface area contributed by atoms with Gasteiger partial charge in [-0.25, -0.2) is 4.39 Å². The van der Waals surface area contributed by atoms with E-state index in [0.717, 1.165) is 22.6 Å². The van der Waals surface area contributed by atoms with E-state index in [1.165, 1.54) is 12.1 Å². The number of rotatable bonds is 4. The van der Waals surface area contributed by atoms with Crippen LogP contribution in [0.1, 0.15) is 16.7 Å². The number of carbonyl (C=O) groups excluding carboxylic acids is 1. The summed E-state index contributed by atoms with van der Waals surface area (Å²) in [5.74, 6) is 0.278. The largest absolute Gasteiger partial charge is 0.497 e. The normalized spacial score (nSPS) is 14.5. The lowest BCUT2D eigenvalue weighted by atomic mass is 10.0. The Bertz CT molecular complexity index is 1010. The van der Waals surface area contributed by atoms with Crippen LogP contribution < -0.4 is 9.64 Å². The Labute approximate surface area is 157 Å². The number of benzene rings is 3. The molecule has 134 valence electrons. The summed E-state index contributed by atoms with van der Waals surface area (Å²) in [4.78, 5) is 14.8. The molecule has 3 aromatic rings. The van der Waals surface area contributed by atoms with Crippen LogP contribution in [-0.2, 0) is 11.3 Å². The van der Waals surface area contributed by atoms with Crippen molar-refractivity contribution < 1.29 is 13.9 Å². The van der Waals surface area contributed by atoms with E-state index in [-0.39, 0.29) is 11.7 Å². The minimum atomic E-state index is -0.355. The van der Waals surface area contributed by atoms with Gasteiger partial charge in [0, 0.05) is 11.1 Å². The first kappa shape index (κ1) is 17.0. The van der Waals surface area contributed by atoms with Gasteiger partial charge in [-0.1, -0.05) is 42.5 Å². The van der Waals surface area contributed by atoms with E-state index in [9.17, 15) is 9.18 Å². The molecule has 0 atom stereocenters. The smallest absolute Gasteiger partial charge is 0.259 e. The van der Waals surface area contributed by atoms with Gasteiger partial charge in [0.2, 0.25) is 0 Å². The first-order valence-corrected chi connectivity index (χ1v) is 8.67. The Balaban J connectivity index is 1.73. The predicted octanol–water partition coefficient (Wildman–Crippen LogP) is 4.92. The second kappa shape index (κ2) is 7.08. The molecule has 0 aliphatic carbocycles. The maximum atomic E-state index is 13.9. The topological polar surface area (TPSA) is 29.5 Å². The lowest BCUT2D eigenvalue weighted by molar-refractivity contribution is -0.113. The molecule has 3 nitrogen and oxygen atoms in total. The van der Waals surface area contributed by atoms with Gasteiger partial charge in [0.25, 0.3) is 5.91 Å². The Hall–Kier alpha value is -3.40. The number of ether oxygens (including phenoxy) is 1. The SMILES string of the molecule is COc1ccc(CN2C(=O)C(=Cc3ccccc3)c3cc(F)ccc32)cc1. The highest BCUT2D eigenvalue weighted by molar-refractivity contribution is 6.35. The minimum Gasteiger partial charge on any atom is -0.497 e. The van der Waals surface area contributed by atoms with E-state index in [0.29, 0.717) is 17.7 Å². The first-order chi connectivity index (χ1) is 13.2. The minimum absolute atomic E-state index is 0.129. The zero-order valence-electron chi connectivity index (χ0n) is 14.9. The van der Waals surface area contributed by atoms with Crippen molar-refractivity contribution in [3.63, 3.8) is 0 Å². The monoisotopic (exact) mass is 359 g/mol. The molecule has 1 aliphatic rings. The maximum Gasteiger partial charge on any atom is 0.259 e. The summed E-state index contributed by atoms with van der Waals surface area (Å²) >= 11 is 0. The van der Waals surface area contributed by atoms with E-state index in [2.05, 4.69) is 0 Å². The summed E-state index contributed by atoms with van der Waals surface area (Å²) in [6.07, 6.45) is 1.81. The molecule has 0 fully saturated rings. The number of hydrogen-bond donors (Lipinski definition) is 0. The highest BCUT2D eigenvalue weighted by Gasteiger charge is 2.32. The van der Waals surface area contributed by atoms with Crippen molar-refractivity contribution in [1.29, 1.82) is 0 Å². The van der Waals surface area contributed by atoms with E-state index in [4.69, 9.17) is 4.74 Å². The van der Waals surface area contributed by atoms with Crippen LogP contribution >= 0.6 is 0 Å². The van der Waals surface area contributed by atoms with Crippen LogP contribution in [-0.4, -0.2) is 13.0 Å². The van der Waals surface area contributed by atoms with Crippen molar-refractivity contribution in [1.82, 2.24) is 0 Å². The fourth-order valence-corrected chi connectivity index (χ4v) is 3.26. The fourth-order valence-electron chi connectivity index (χ4n) is 3.26. The molecular weight excluding hydrogens is 341 g/mol. The van der Waals surface area contributed by atoms with Gasteiger partial charge < -0.3 is 9.64 Å². The summed E-state index contributed by atoms with van der Waals surface area (Å²) in [5.41, 5.74) is 3.73. The Morgan fingerprint density at radius 2 is 1.74 bits per heavy atom. The van der Waals surface area contributed by atoms with Crippen molar-refractivity contribution in [2.45, 2.75) is 6.54 Å². The number of methoxy groups -OCH3 is 1. The van der Waals surface area contributed by atoms with Crippen molar-refractivity contribution in [2.24, 2.45) is 0 Å². The average Bonchev–Trinajstić information content (AvgIpc) is 2.94. The number of carbonyl (C=O) groups is 1. The van der Waals surface area contributed by atoms with Gasteiger partial charge in [0.15, 0.2) is 0 Å². The molecule has 1 heterocycles. The molecule has 1 amide bonds. The molecular formula is C23H18FNO2. The molecule has 3 aromatic carbocycles. The van der Waals surface area contributed by atoms with E-state index >= 15 is 0 Å². The number of amides is 1. The predicted molar refractivity (Wildman–Crippen MR) is 105 cm³/mol. The van der Waals surface area contributed by atoms with Gasteiger partial charge in [-0.05, 0) is 47.5 Å². The van der Waals surface area contributed by atoms with Crippen LogP contribution in [0.15, 0.2) is 72.8 Å². The van der Waals surface area contributed by atoms with E-state index < -0.39 is 0 Å². The highest BCUT2D eigenvalue weighted by Crippen LogP contribution is 2.39. The summed E-state index contributed by atoms with van der Waals surface area (Å²) < 4.78 is 19.0. The fraction of sp³-hybridized carbons (Fsp3) is 0.0870. The third-order valence-corrected chi connectivity index (χ3v) is 4.63. The number of halogens is 1. The molecule has 0 radical (unpaired) electrons. The van der Waals surface area contributed by atoms with Crippen LogP contribution in [0.25, 0.3) is 11.6 Å².